The van der Waals surface area contributed by atoms with Gasteiger partial charge in [0.1, 0.15) is 12.0 Å². The van der Waals surface area contributed by atoms with E-state index in [0.717, 1.165) is 5.82 Å². The van der Waals surface area contributed by atoms with Gasteiger partial charge in [0.05, 0.1) is 17.9 Å². The average Bonchev–Trinajstić information content (AvgIpc) is 3.02. The molecule has 0 unspecified atom stereocenters. The van der Waals surface area contributed by atoms with E-state index in [1.807, 2.05) is 18.4 Å². The van der Waals surface area contributed by atoms with Gasteiger partial charge in [-0.15, -0.1) is 10.2 Å². The Morgan fingerprint density at radius 1 is 1.45 bits per heavy atom. The number of hydrogen-bond donors (Lipinski definition) is 1. The summed E-state index contributed by atoms with van der Waals surface area (Å²) in [4.78, 5) is 14.4. The Bertz CT molecular complexity index is 657. The third-order valence-corrected chi connectivity index (χ3v) is 3.60. The second-order valence-electron chi connectivity index (χ2n) is 4.83. The molecule has 0 fully saturated rings. The van der Waals surface area contributed by atoms with Crippen LogP contribution in [0, 0.1) is 6.92 Å². The van der Waals surface area contributed by atoms with Crippen molar-refractivity contribution in [2.24, 2.45) is 0 Å². The second kappa shape index (κ2) is 4.62. The molecule has 0 saturated carbocycles. The molecule has 2 N–H and O–H groups in total. The largest absolute Gasteiger partial charge is 0.395 e. The Morgan fingerprint density at radius 2 is 2.25 bits per heavy atom. The number of aromatic nitrogens is 5. The Kier molecular flexibility index (Phi) is 2.92. The number of amides is 1. The van der Waals surface area contributed by atoms with Crippen molar-refractivity contribution < 1.29 is 4.79 Å². The van der Waals surface area contributed by atoms with Crippen LogP contribution >= 0.6 is 0 Å². The number of carbonyl (C=O) groups is 1. The third-order valence-electron chi connectivity index (χ3n) is 3.60. The molecule has 0 spiro atoms. The van der Waals surface area contributed by atoms with Crippen molar-refractivity contribution in [3.63, 3.8) is 0 Å². The summed E-state index contributed by atoms with van der Waals surface area (Å²) in [5.41, 5.74) is 7.62. The first-order valence-electron chi connectivity index (χ1n) is 6.60. The second-order valence-corrected chi connectivity index (χ2v) is 4.83. The summed E-state index contributed by atoms with van der Waals surface area (Å²) in [7, 11) is 0. The normalized spacial score (nSPS) is 14.4. The van der Waals surface area contributed by atoms with E-state index in [0.29, 0.717) is 43.3 Å². The highest BCUT2D eigenvalue weighted by molar-refractivity contribution is 5.98. The topological polar surface area (TPSA) is 94.9 Å². The van der Waals surface area contributed by atoms with Crippen molar-refractivity contribution >= 4 is 11.6 Å². The lowest BCUT2D eigenvalue weighted by Gasteiger charge is -2.27. The van der Waals surface area contributed by atoms with Gasteiger partial charge in [0.15, 0.2) is 5.82 Å². The fourth-order valence-corrected chi connectivity index (χ4v) is 2.44. The highest BCUT2D eigenvalue weighted by Gasteiger charge is 2.27. The number of nitrogen functional groups attached to an aromatic ring is 1. The van der Waals surface area contributed by atoms with E-state index in [1.54, 1.807) is 15.9 Å². The predicted molar refractivity (Wildman–Crippen MR) is 71.8 cm³/mol. The summed E-state index contributed by atoms with van der Waals surface area (Å²) in [6.07, 6.45) is 1.69. The number of aryl methyl sites for hydroxylation is 2. The molecule has 3 rings (SSSR count). The van der Waals surface area contributed by atoms with Gasteiger partial charge in [0.25, 0.3) is 5.91 Å². The van der Waals surface area contributed by atoms with Crippen LogP contribution in [0.1, 0.15) is 28.9 Å². The molecule has 1 aliphatic rings. The predicted octanol–water partition coefficient (Wildman–Crippen LogP) is 0.0411. The lowest BCUT2D eigenvalue weighted by molar-refractivity contribution is 0.0696. The lowest BCUT2D eigenvalue weighted by Crippen LogP contribution is -2.39. The summed E-state index contributed by atoms with van der Waals surface area (Å²) in [6.45, 7) is 6.14. The summed E-state index contributed by atoms with van der Waals surface area (Å²) in [5.74, 6) is 0.696. The Labute approximate surface area is 116 Å². The molecule has 0 atom stereocenters. The van der Waals surface area contributed by atoms with Gasteiger partial charge in [0, 0.05) is 19.6 Å². The molecule has 0 aliphatic carbocycles. The molecule has 8 heteroatoms. The van der Waals surface area contributed by atoms with Gasteiger partial charge in [-0.25, -0.2) is 0 Å². The first-order chi connectivity index (χ1) is 9.61. The molecule has 0 bridgehead atoms. The van der Waals surface area contributed by atoms with E-state index >= 15 is 0 Å². The Morgan fingerprint density at radius 3 is 3.00 bits per heavy atom. The van der Waals surface area contributed by atoms with Crippen LogP contribution in [-0.4, -0.2) is 41.9 Å². The van der Waals surface area contributed by atoms with Crippen LogP contribution in [0.15, 0.2) is 6.33 Å². The molecule has 0 radical (unpaired) electrons. The Hall–Kier alpha value is -2.38. The molecule has 1 amide bonds. The van der Waals surface area contributed by atoms with Crippen LogP contribution < -0.4 is 5.73 Å². The zero-order valence-corrected chi connectivity index (χ0v) is 11.6. The molecule has 2 aromatic rings. The van der Waals surface area contributed by atoms with E-state index in [9.17, 15) is 4.79 Å². The minimum Gasteiger partial charge on any atom is -0.395 e. The van der Waals surface area contributed by atoms with Crippen molar-refractivity contribution in [3.05, 3.63) is 23.5 Å². The van der Waals surface area contributed by atoms with Gasteiger partial charge in [-0.05, 0) is 13.8 Å². The lowest BCUT2D eigenvalue weighted by atomic mass is 10.2. The zero-order valence-electron chi connectivity index (χ0n) is 11.6. The van der Waals surface area contributed by atoms with E-state index in [2.05, 4.69) is 15.3 Å². The number of fused-ring (bicyclic) bond motifs is 1. The van der Waals surface area contributed by atoms with Crippen LogP contribution in [0.3, 0.4) is 0 Å². The smallest absolute Gasteiger partial charge is 0.274 e. The monoisotopic (exact) mass is 275 g/mol. The first-order valence-corrected chi connectivity index (χ1v) is 6.60. The number of anilines is 1. The number of carbonyl (C=O) groups excluding carboxylic acids is 1. The van der Waals surface area contributed by atoms with Crippen molar-refractivity contribution in [1.82, 2.24) is 29.4 Å². The van der Waals surface area contributed by atoms with Gasteiger partial charge in [-0.1, -0.05) is 0 Å². The standard InChI is InChI=1S/C12H17N7O/c1-3-19-11(10(13)8(2)16-19)12(20)17-4-5-18-7-14-15-9(18)6-17/h7H,3-6,13H2,1-2H3. The minimum atomic E-state index is -0.0980. The quantitative estimate of drug-likeness (QED) is 0.835. The summed E-state index contributed by atoms with van der Waals surface area (Å²) in [5, 5.41) is 12.2. The molecule has 0 aromatic carbocycles. The van der Waals surface area contributed by atoms with E-state index in [1.165, 1.54) is 0 Å². The highest BCUT2D eigenvalue weighted by atomic mass is 16.2. The van der Waals surface area contributed by atoms with E-state index in [-0.39, 0.29) is 5.91 Å². The van der Waals surface area contributed by atoms with E-state index in [4.69, 9.17) is 5.73 Å². The van der Waals surface area contributed by atoms with Crippen molar-refractivity contribution in [1.29, 1.82) is 0 Å². The highest BCUT2D eigenvalue weighted by Crippen LogP contribution is 2.20. The molecule has 0 saturated heterocycles. The number of nitrogens with zero attached hydrogens (tertiary/aromatic N) is 6. The van der Waals surface area contributed by atoms with Crippen LogP contribution in [0.5, 0.6) is 0 Å². The maximum absolute atomic E-state index is 12.7. The molecule has 1 aliphatic heterocycles. The van der Waals surface area contributed by atoms with Crippen molar-refractivity contribution in [2.75, 3.05) is 12.3 Å². The first kappa shape index (κ1) is 12.6. The maximum atomic E-state index is 12.7. The van der Waals surface area contributed by atoms with Gasteiger partial charge < -0.3 is 15.2 Å². The SMILES string of the molecule is CCn1nc(C)c(N)c1C(=O)N1CCn2cnnc2C1. The van der Waals surface area contributed by atoms with Crippen LogP contribution in [0.2, 0.25) is 0 Å². The molecular weight excluding hydrogens is 258 g/mol. The van der Waals surface area contributed by atoms with Crippen LogP contribution in [-0.2, 0) is 19.6 Å². The number of rotatable bonds is 2. The van der Waals surface area contributed by atoms with Crippen molar-refractivity contribution in [2.45, 2.75) is 33.5 Å². The molecular formula is C12H17N7O. The zero-order chi connectivity index (χ0) is 14.3. The summed E-state index contributed by atoms with van der Waals surface area (Å²) < 4.78 is 3.61. The molecule has 106 valence electrons. The van der Waals surface area contributed by atoms with Gasteiger partial charge in [0.2, 0.25) is 0 Å². The number of nitrogens with two attached hydrogens (primary N) is 1. The average molecular weight is 275 g/mol. The fraction of sp³-hybridized carbons (Fsp3) is 0.500. The summed E-state index contributed by atoms with van der Waals surface area (Å²) >= 11 is 0. The van der Waals surface area contributed by atoms with Crippen LogP contribution in [0.4, 0.5) is 5.69 Å². The van der Waals surface area contributed by atoms with Crippen LogP contribution in [0.25, 0.3) is 0 Å². The van der Waals surface area contributed by atoms with Gasteiger partial charge in [-0.2, -0.15) is 5.10 Å². The maximum Gasteiger partial charge on any atom is 0.274 e. The molecule has 3 heterocycles. The number of hydrogen-bond acceptors (Lipinski definition) is 5. The van der Waals surface area contributed by atoms with Gasteiger partial charge in [-0.3, -0.25) is 9.48 Å². The van der Waals surface area contributed by atoms with Gasteiger partial charge >= 0.3 is 0 Å². The Balaban J connectivity index is 1.91. The molecule has 20 heavy (non-hydrogen) atoms. The van der Waals surface area contributed by atoms with Crippen molar-refractivity contribution in [3.8, 4) is 0 Å². The molecule has 8 nitrogen and oxygen atoms in total. The van der Waals surface area contributed by atoms with E-state index < -0.39 is 0 Å². The minimum absolute atomic E-state index is 0.0980. The fourth-order valence-electron chi connectivity index (χ4n) is 2.44. The third kappa shape index (κ3) is 1.84. The molecule has 2 aromatic heterocycles. The summed E-state index contributed by atoms with van der Waals surface area (Å²) in [6, 6.07) is 0.